The normalized spacial score (nSPS) is 10.6. The van der Waals surface area contributed by atoms with E-state index in [-0.39, 0.29) is 23.2 Å². The highest BCUT2D eigenvalue weighted by atomic mass is 35.5. The van der Waals surface area contributed by atoms with Gasteiger partial charge in [-0.25, -0.2) is 4.39 Å². The van der Waals surface area contributed by atoms with Crippen molar-refractivity contribution in [2.24, 2.45) is 0 Å². The van der Waals surface area contributed by atoms with Crippen LogP contribution in [-0.4, -0.2) is 16.1 Å². The Balaban J connectivity index is 1.67. The molecule has 112 valence electrons. The van der Waals surface area contributed by atoms with Crippen molar-refractivity contribution in [2.45, 2.75) is 6.42 Å². The zero-order chi connectivity index (χ0) is 15.5. The van der Waals surface area contributed by atoms with Crippen molar-refractivity contribution in [3.05, 3.63) is 51.8 Å². The van der Waals surface area contributed by atoms with E-state index < -0.39 is 5.82 Å². The number of halogens is 2. The van der Waals surface area contributed by atoms with Gasteiger partial charge >= 0.3 is 0 Å². The highest BCUT2D eigenvalue weighted by Gasteiger charge is 2.14. The van der Waals surface area contributed by atoms with Gasteiger partial charge in [0.1, 0.15) is 12.2 Å². The molecule has 8 heteroatoms. The molecular weight excluding hydrogens is 329 g/mol. The largest absolute Gasteiger partial charge is 0.420 e. The van der Waals surface area contributed by atoms with Crippen LogP contribution in [-0.2, 0) is 11.2 Å². The first-order valence-electron chi connectivity index (χ1n) is 6.21. The minimum absolute atomic E-state index is 0.0924. The fourth-order valence-electron chi connectivity index (χ4n) is 1.75. The highest BCUT2D eigenvalue weighted by Crippen LogP contribution is 2.23. The number of rotatable bonds is 4. The third-order valence-corrected chi connectivity index (χ3v) is 3.75. The molecule has 0 unspecified atom stereocenters. The van der Waals surface area contributed by atoms with Crippen molar-refractivity contribution in [3.63, 3.8) is 0 Å². The van der Waals surface area contributed by atoms with Gasteiger partial charge in [0, 0.05) is 10.9 Å². The molecule has 0 atom stereocenters. The lowest BCUT2D eigenvalue weighted by molar-refractivity contribution is -0.115. The van der Waals surface area contributed by atoms with Gasteiger partial charge in [-0.15, -0.1) is 10.2 Å². The van der Waals surface area contributed by atoms with E-state index in [1.807, 2.05) is 16.8 Å². The number of amides is 1. The molecule has 1 amide bonds. The molecular formula is C14H9ClFN3O2S. The van der Waals surface area contributed by atoms with Crippen molar-refractivity contribution in [3.8, 4) is 11.5 Å². The molecule has 3 aromatic rings. The van der Waals surface area contributed by atoms with Gasteiger partial charge in [0.15, 0.2) is 0 Å². The Labute approximate surface area is 133 Å². The van der Waals surface area contributed by atoms with Gasteiger partial charge in [-0.1, -0.05) is 11.6 Å². The number of anilines is 1. The highest BCUT2D eigenvalue weighted by molar-refractivity contribution is 7.08. The first-order valence-corrected chi connectivity index (χ1v) is 7.54. The van der Waals surface area contributed by atoms with Crippen LogP contribution in [0.1, 0.15) is 5.89 Å². The first kappa shape index (κ1) is 14.7. The number of hydrogen-bond acceptors (Lipinski definition) is 5. The molecule has 2 aromatic heterocycles. The average Bonchev–Trinajstić information content (AvgIpc) is 3.12. The predicted octanol–water partition coefficient (Wildman–Crippen LogP) is 3.77. The van der Waals surface area contributed by atoms with Crippen LogP contribution in [0.2, 0.25) is 5.02 Å². The maximum absolute atomic E-state index is 12.9. The summed E-state index contributed by atoms with van der Waals surface area (Å²) in [6.07, 6.45) is -0.0924. The van der Waals surface area contributed by atoms with Crippen molar-refractivity contribution in [2.75, 3.05) is 5.32 Å². The van der Waals surface area contributed by atoms with E-state index in [1.165, 1.54) is 23.5 Å². The fraction of sp³-hybridized carbons (Fsp3) is 0.0714. The number of benzene rings is 1. The Morgan fingerprint density at radius 3 is 2.95 bits per heavy atom. The lowest BCUT2D eigenvalue weighted by atomic mass is 10.3. The van der Waals surface area contributed by atoms with Crippen LogP contribution in [0.4, 0.5) is 10.1 Å². The standard InChI is InChI=1S/C14H9ClFN3O2S/c15-10-5-9(16)1-2-11(10)17-12(20)6-13-18-19-14(21-13)8-3-4-22-7-8/h1-5,7H,6H2,(H,17,20). The molecule has 0 aliphatic heterocycles. The number of carbonyl (C=O) groups is 1. The van der Waals surface area contributed by atoms with Crippen LogP contribution in [0.5, 0.6) is 0 Å². The van der Waals surface area contributed by atoms with Crippen molar-refractivity contribution < 1.29 is 13.6 Å². The van der Waals surface area contributed by atoms with Gasteiger partial charge in [-0.05, 0) is 29.6 Å². The number of hydrogen-bond donors (Lipinski definition) is 1. The Morgan fingerprint density at radius 2 is 2.23 bits per heavy atom. The summed E-state index contributed by atoms with van der Waals surface area (Å²) in [5, 5.41) is 14.2. The van der Waals surface area contributed by atoms with Crippen LogP contribution >= 0.6 is 22.9 Å². The Bertz CT molecular complexity index is 804. The molecule has 0 bridgehead atoms. The van der Waals surface area contributed by atoms with Crippen LogP contribution in [0.25, 0.3) is 11.5 Å². The second kappa shape index (κ2) is 6.25. The van der Waals surface area contributed by atoms with E-state index in [2.05, 4.69) is 15.5 Å². The van der Waals surface area contributed by atoms with Crippen molar-refractivity contribution in [1.29, 1.82) is 0 Å². The Morgan fingerprint density at radius 1 is 1.36 bits per heavy atom. The average molecular weight is 338 g/mol. The molecule has 0 aliphatic carbocycles. The zero-order valence-corrected chi connectivity index (χ0v) is 12.6. The van der Waals surface area contributed by atoms with Gasteiger partial charge in [0.25, 0.3) is 0 Å². The lowest BCUT2D eigenvalue weighted by Gasteiger charge is -2.05. The number of thiophene rings is 1. The van der Waals surface area contributed by atoms with Gasteiger partial charge in [0.2, 0.25) is 17.7 Å². The summed E-state index contributed by atoms with van der Waals surface area (Å²) in [6, 6.07) is 5.57. The lowest BCUT2D eigenvalue weighted by Crippen LogP contribution is -2.15. The van der Waals surface area contributed by atoms with E-state index in [1.54, 1.807) is 0 Å². The number of nitrogens with one attached hydrogen (secondary N) is 1. The van der Waals surface area contributed by atoms with Crippen molar-refractivity contribution >= 4 is 34.5 Å². The molecule has 0 saturated heterocycles. The fourth-order valence-corrected chi connectivity index (χ4v) is 2.59. The smallest absolute Gasteiger partial charge is 0.248 e. The summed E-state index contributed by atoms with van der Waals surface area (Å²) < 4.78 is 18.4. The molecule has 0 aliphatic rings. The molecule has 0 spiro atoms. The van der Waals surface area contributed by atoms with Crippen LogP contribution in [0.15, 0.2) is 39.4 Å². The quantitative estimate of drug-likeness (QED) is 0.786. The zero-order valence-electron chi connectivity index (χ0n) is 11.0. The first-order chi connectivity index (χ1) is 10.6. The predicted molar refractivity (Wildman–Crippen MR) is 81.4 cm³/mol. The molecule has 1 N–H and O–H groups in total. The summed E-state index contributed by atoms with van der Waals surface area (Å²) in [5.41, 5.74) is 1.14. The molecule has 0 fully saturated rings. The van der Waals surface area contributed by atoms with E-state index in [0.29, 0.717) is 11.6 Å². The summed E-state index contributed by atoms with van der Waals surface area (Å²) in [5.74, 6) is -0.296. The summed E-state index contributed by atoms with van der Waals surface area (Å²) >= 11 is 7.35. The second-order valence-electron chi connectivity index (χ2n) is 4.36. The Hall–Kier alpha value is -2.25. The molecule has 3 rings (SSSR count). The van der Waals surface area contributed by atoms with Crippen molar-refractivity contribution in [1.82, 2.24) is 10.2 Å². The summed E-state index contributed by atoms with van der Waals surface area (Å²) in [6.45, 7) is 0. The maximum atomic E-state index is 12.9. The Kier molecular flexibility index (Phi) is 4.17. The van der Waals surface area contributed by atoms with Gasteiger partial charge in [0.05, 0.1) is 10.7 Å². The third-order valence-electron chi connectivity index (χ3n) is 2.75. The number of carbonyl (C=O) groups excluding carboxylic acids is 1. The van der Waals surface area contributed by atoms with Crippen LogP contribution in [0.3, 0.4) is 0 Å². The second-order valence-corrected chi connectivity index (χ2v) is 5.55. The summed E-state index contributed by atoms with van der Waals surface area (Å²) in [7, 11) is 0. The molecule has 1 aromatic carbocycles. The minimum Gasteiger partial charge on any atom is -0.420 e. The maximum Gasteiger partial charge on any atom is 0.248 e. The molecule has 5 nitrogen and oxygen atoms in total. The monoisotopic (exact) mass is 337 g/mol. The van der Waals surface area contributed by atoms with Crippen LogP contribution in [0, 0.1) is 5.82 Å². The van der Waals surface area contributed by atoms with Gasteiger partial charge < -0.3 is 9.73 Å². The summed E-state index contributed by atoms with van der Waals surface area (Å²) in [4.78, 5) is 11.9. The van der Waals surface area contributed by atoms with E-state index in [4.69, 9.17) is 16.0 Å². The third kappa shape index (κ3) is 3.32. The molecule has 22 heavy (non-hydrogen) atoms. The van der Waals surface area contributed by atoms with E-state index in [0.717, 1.165) is 11.6 Å². The SMILES string of the molecule is O=C(Cc1nnc(-c2ccsc2)o1)Nc1ccc(F)cc1Cl. The van der Waals surface area contributed by atoms with E-state index in [9.17, 15) is 9.18 Å². The van der Waals surface area contributed by atoms with Gasteiger partial charge in [-0.2, -0.15) is 11.3 Å². The number of nitrogens with zero attached hydrogens (tertiary/aromatic N) is 2. The molecule has 0 radical (unpaired) electrons. The van der Waals surface area contributed by atoms with Gasteiger partial charge in [-0.3, -0.25) is 4.79 Å². The van der Waals surface area contributed by atoms with Crippen LogP contribution < -0.4 is 5.32 Å². The number of aromatic nitrogens is 2. The minimum atomic E-state index is -0.472. The molecule has 2 heterocycles. The topological polar surface area (TPSA) is 68.0 Å². The molecule has 0 saturated carbocycles. The van der Waals surface area contributed by atoms with E-state index >= 15 is 0 Å².